The van der Waals surface area contributed by atoms with Crippen LogP contribution in [0.1, 0.15) is 92.9 Å². The first kappa shape index (κ1) is 38.9. The van der Waals surface area contributed by atoms with E-state index in [1.807, 2.05) is 9.80 Å². The van der Waals surface area contributed by atoms with Crippen LogP contribution < -0.4 is 10.6 Å². The zero-order chi connectivity index (χ0) is 34.9. The number of nitrogens with zero attached hydrogens (tertiary/aromatic N) is 4. The Morgan fingerprint density at radius 3 is 1.19 bits per heavy atom. The third-order valence-corrected chi connectivity index (χ3v) is 11.9. The van der Waals surface area contributed by atoms with Gasteiger partial charge < -0.3 is 29.9 Å². The molecule has 2 atom stereocenters. The van der Waals surface area contributed by atoms with E-state index in [4.69, 9.17) is 9.47 Å². The summed E-state index contributed by atoms with van der Waals surface area (Å²) >= 11 is 0. The minimum atomic E-state index is -0.785. The van der Waals surface area contributed by atoms with E-state index >= 15 is 0 Å². The number of amides is 4. The van der Waals surface area contributed by atoms with Crippen LogP contribution in [0.2, 0.25) is 0 Å². The molecule has 2 N–H and O–H groups in total. The highest BCUT2D eigenvalue weighted by atomic mass is 33.1. The average Bonchev–Trinajstić information content (AvgIpc) is 3.75. The molecule has 0 unspecified atom stereocenters. The second-order valence-corrected chi connectivity index (χ2v) is 18.1. The van der Waals surface area contributed by atoms with Gasteiger partial charge in [-0.1, -0.05) is 47.3 Å². The van der Waals surface area contributed by atoms with E-state index in [-0.39, 0.29) is 11.8 Å². The van der Waals surface area contributed by atoms with Gasteiger partial charge in [-0.2, -0.15) is 0 Å². The Morgan fingerprint density at radius 1 is 0.583 bits per heavy atom. The topological polar surface area (TPSA) is 124 Å². The lowest BCUT2D eigenvalue weighted by Gasteiger charge is -2.39. The lowest BCUT2D eigenvalue weighted by molar-refractivity contribution is -0.135. The number of carbonyl (C=O) groups is 4. The maximum Gasteiger partial charge on any atom is 0.408 e. The summed E-state index contributed by atoms with van der Waals surface area (Å²) in [5.74, 6) is 0.331. The summed E-state index contributed by atoms with van der Waals surface area (Å²) in [7, 11) is 2.80. The van der Waals surface area contributed by atoms with Crippen molar-refractivity contribution in [2.75, 3.05) is 63.9 Å². The molecule has 48 heavy (non-hydrogen) atoms. The number of piperazine rings is 2. The number of nitrogens with one attached hydrogen (secondary N) is 2. The summed E-state index contributed by atoms with van der Waals surface area (Å²) in [4.78, 5) is 61.8. The Morgan fingerprint density at radius 2 is 0.896 bits per heavy atom. The molecule has 4 aliphatic rings. The predicted molar refractivity (Wildman–Crippen MR) is 192 cm³/mol. The summed E-state index contributed by atoms with van der Waals surface area (Å²) in [6.45, 7) is 16.6. The summed E-state index contributed by atoms with van der Waals surface area (Å²) in [6, 6.07) is -0.337. The summed E-state index contributed by atoms with van der Waals surface area (Å²) in [5, 5.41) is 5.63. The van der Waals surface area contributed by atoms with E-state index in [2.05, 4.69) is 20.4 Å². The molecule has 2 aliphatic carbocycles. The smallest absolute Gasteiger partial charge is 0.408 e. The van der Waals surface area contributed by atoms with Crippen LogP contribution in [0.25, 0.3) is 0 Å². The molecule has 0 spiro atoms. The van der Waals surface area contributed by atoms with E-state index < -0.39 is 35.5 Å². The van der Waals surface area contributed by atoms with E-state index in [0.29, 0.717) is 49.8 Å². The maximum atomic E-state index is 13.7. The molecule has 0 aromatic heterocycles. The number of hydrogen-bond acceptors (Lipinski definition) is 10. The SMILES string of the molecule is CC(C)(C)OC(=O)N[C@@H](CSSC[C@H](NC(=O)OC(C)(C)C)C(=O)N1CCN(C2CCCC2)CC1)C(=O)N1CCN(C2CCCC2)CC1. The van der Waals surface area contributed by atoms with E-state index in [0.717, 1.165) is 26.2 Å². The largest absolute Gasteiger partial charge is 0.444 e. The second kappa shape index (κ2) is 17.8. The Kier molecular flexibility index (Phi) is 14.5. The fraction of sp³-hybridized carbons (Fsp3) is 0.882. The van der Waals surface area contributed by atoms with Crippen LogP contribution in [-0.4, -0.2) is 143 Å². The molecule has 2 saturated carbocycles. The molecule has 274 valence electrons. The van der Waals surface area contributed by atoms with Gasteiger partial charge in [0.2, 0.25) is 11.8 Å². The Bertz CT molecular complexity index is 989. The Hall–Kier alpha value is -1.90. The van der Waals surface area contributed by atoms with Gasteiger partial charge in [-0.3, -0.25) is 19.4 Å². The van der Waals surface area contributed by atoms with Crippen LogP contribution in [0, 0.1) is 0 Å². The minimum Gasteiger partial charge on any atom is -0.444 e. The van der Waals surface area contributed by atoms with Crippen molar-refractivity contribution in [1.82, 2.24) is 30.2 Å². The van der Waals surface area contributed by atoms with E-state index in [9.17, 15) is 19.2 Å². The van der Waals surface area contributed by atoms with Gasteiger partial charge in [0.25, 0.3) is 0 Å². The standard InChI is InChI=1S/C34H60N6O6S2/c1-33(2,3)45-31(43)35-27(29(41)39-19-15-37(16-20-39)25-11-7-8-12-25)23-47-48-24-28(36-32(44)46-34(4,5)6)30(42)40-21-17-38(18-22-40)26-13-9-10-14-26/h25-28H,7-24H2,1-6H3,(H,35,43)(H,36,44)/t27-,28-/m0/s1. The third-order valence-electron chi connectivity index (χ3n) is 9.46. The molecular formula is C34H60N6O6S2. The first-order valence-corrected chi connectivity index (χ1v) is 20.5. The zero-order valence-corrected chi connectivity index (χ0v) is 31.7. The van der Waals surface area contributed by atoms with Crippen LogP contribution in [0.4, 0.5) is 9.59 Å². The Labute approximate surface area is 295 Å². The van der Waals surface area contributed by atoms with Gasteiger partial charge in [-0.15, -0.1) is 0 Å². The highest BCUT2D eigenvalue weighted by Gasteiger charge is 2.35. The highest BCUT2D eigenvalue weighted by molar-refractivity contribution is 8.76. The van der Waals surface area contributed by atoms with Crippen LogP contribution in [0.5, 0.6) is 0 Å². The van der Waals surface area contributed by atoms with Crippen LogP contribution in [0.3, 0.4) is 0 Å². The average molecular weight is 713 g/mol. The van der Waals surface area contributed by atoms with Gasteiger partial charge in [-0.05, 0) is 67.2 Å². The number of rotatable bonds is 11. The van der Waals surface area contributed by atoms with Crippen molar-refractivity contribution in [3.63, 3.8) is 0 Å². The van der Waals surface area contributed by atoms with Crippen molar-refractivity contribution in [3.8, 4) is 0 Å². The quantitative estimate of drug-likeness (QED) is 0.237. The molecule has 2 aliphatic heterocycles. The summed E-state index contributed by atoms with van der Waals surface area (Å²) < 4.78 is 11.0. The molecule has 4 fully saturated rings. The number of carbonyl (C=O) groups excluding carboxylic acids is 4. The van der Waals surface area contributed by atoms with Crippen molar-refractivity contribution in [3.05, 3.63) is 0 Å². The maximum absolute atomic E-state index is 13.7. The fourth-order valence-electron chi connectivity index (χ4n) is 7.08. The zero-order valence-electron chi connectivity index (χ0n) is 30.1. The minimum absolute atomic E-state index is 0.125. The van der Waals surface area contributed by atoms with Gasteiger partial charge in [-0.25, -0.2) is 9.59 Å². The van der Waals surface area contributed by atoms with E-state index in [1.165, 1.54) is 73.0 Å². The van der Waals surface area contributed by atoms with Gasteiger partial charge in [0.15, 0.2) is 0 Å². The number of ether oxygens (including phenoxy) is 2. The lowest BCUT2D eigenvalue weighted by atomic mass is 10.1. The molecule has 4 rings (SSSR count). The van der Waals surface area contributed by atoms with Crippen LogP contribution in [0.15, 0.2) is 0 Å². The van der Waals surface area contributed by atoms with Gasteiger partial charge >= 0.3 is 12.2 Å². The molecular weight excluding hydrogens is 653 g/mol. The van der Waals surface area contributed by atoms with Crippen LogP contribution in [-0.2, 0) is 19.1 Å². The van der Waals surface area contributed by atoms with Crippen molar-refractivity contribution in [2.45, 2.75) is 128 Å². The van der Waals surface area contributed by atoms with Crippen molar-refractivity contribution >= 4 is 45.6 Å². The summed E-state index contributed by atoms with van der Waals surface area (Å²) in [5.41, 5.74) is -1.40. The van der Waals surface area contributed by atoms with Crippen LogP contribution >= 0.6 is 21.6 Å². The first-order valence-electron chi connectivity index (χ1n) is 18.0. The lowest BCUT2D eigenvalue weighted by Crippen LogP contribution is -2.57. The first-order chi connectivity index (χ1) is 22.7. The highest BCUT2D eigenvalue weighted by Crippen LogP contribution is 2.28. The molecule has 0 aromatic carbocycles. The Balaban J connectivity index is 1.34. The fourth-order valence-corrected chi connectivity index (χ4v) is 9.39. The third kappa shape index (κ3) is 12.5. The molecule has 2 saturated heterocycles. The number of alkyl carbamates (subject to hydrolysis) is 2. The molecule has 0 aromatic rings. The van der Waals surface area contributed by atoms with Crippen molar-refractivity contribution in [2.24, 2.45) is 0 Å². The molecule has 12 nitrogen and oxygen atoms in total. The monoisotopic (exact) mass is 712 g/mol. The summed E-state index contributed by atoms with van der Waals surface area (Å²) in [6.07, 6.45) is 8.76. The van der Waals surface area contributed by atoms with Gasteiger partial charge in [0.05, 0.1) is 0 Å². The van der Waals surface area contributed by atoms with Crippen molar-refractivity contribution < 1.29 is 28.7 Å². The van der Waals surface area contributed by atoms with Gasteiger partial charge in [0.1, 0.15) is 23.3 Å². The molecule has 0 bridgehead atoms. The van der Waals surface area contributed by atoms with Gasteiger partial charge in [0, 0.05) is 75.9 Å². The number of hydrogen-bond donors (Lipinski definition) is 2. The normalized spacial score (nSPS) is 22.0. The molecule has 14 heteroatoms. The second-order valence-electron chi connectivity index (χ2n) is 15.6. The molecule has 2 heterocycles. The predicted octanol–water partition coefficient (Wildman–Crippen LogP) is 4.33. The van der Waals surface area contributed by atoms with E-state index in [1.54, 1.807) is 41.5 Å². The molecule has 0 radical (unpaired) electrons. The van der Waals surface area contributed by atoms with Crippen molar-refractivity contribution in [1.29, 1.82) is 0 Å². The molecule has 4 amide bonds.